The Bertz CT molecular complexity index is 495. The molecule has 2 rings (SSSR count). The van der Waals surface area contributed by atoms with Gasteiger partial charge in [0.05, 0.1) is 16.6 Å². The Morgan fingerprint density at radius 3 is 3.07 bits per heavy atom. The lowest BCUT2D eigenvalue weighted by molar-refractivity contribution is -0.136. The highest BCUT2D eigenvalue weighted by molar-refractivity contribution is 7.22. The van der Waals surface area contributed by atoms with E-state index >= 15 is 0 Å². The number of benzene rings is 1. The molecule has 5 heteroatoms. The summed E-state index contributed by atoms with van der Waals surface area (Å²) < 4.78 is 1.30. The van der Waals surface area contributed by atoms with Crippen LogP contribution in [-0.2, 0) is 11.2 Å². The minimum Gasteiger partial charge on any atom is -0.481 e. The molecule has 0 unspecified atom stereocenters. The van der Waals surface area contributed by atoms with E-state index in [1.165, 1.54) is 11.3 Å². The largest absolute Gasteiger partial charge is 0.481 e. The molecule has 2 aromatic rings. The number of fused-ring (bicyclic) bond motifs is 1. The van der Waals surface area contributed by atoms with Gasteiger partial charge in [0.2, 0.25) is 0 Å². The van der Waals surface area contributed by atoms with E-state index in [1.54, 1.807) is 12.1 Å². The van der Waals surface area contributed by atoms with Gasteiger partial charge in [-0.1, -0.05) is 23.7 Å². The summed E-state index contributed by atoms with van der Waals surface area (Å²) in [6.07, 6.45) is 0.00978. The molecule has 1 aromatic carbocycles. The maximum Gasteiger partial charge on any atom is 0.307 e. The van der Waals surface area contributed by atoms with Crippen molar-refractivity contribution in [1.82, 2.24) is 4.98 Å². The second-order valence-corrected chi connectivity index (χ2v) is 4.38. The van der Waals surface area contributed by atoms with Crippen molar-refractivity contribution >= 4 is 39.1 Å². The minimum absolute atomic E-state index is 0.00978. The first-order chi connectivity index (χ1) is 6.66. The number of carboxylic acids is 1. The molecule has 14 heavy (non-hydrogen) atoms. The fourth-order valence-corrected chi connectivity index (χ4v) is 2.41. The normalized spacial score (nSPS) is 10.6. The van der Waals surface area contributed by atoms with Gasteiger partial charge >= 0.3 is 5.97 Å². The highest BCUT2D eigenvalue weighted by Gasteiger charge is 2.08. The molecule has 0 saturated heterocycles. The predicted octanol–water partition coefficient (Wildman–Crippen LogP) is 2.58. The van der Waals surface area contributed by atoms with E-state index < -0.39 is 5.97 Å². The molecule has 3 nitrogen and oxygen atoms in total. The molecule has 0 saturated carbocycles. The van der Waals surface area contributed by atoms with Gasteiger partial charge in [0.1, 0.15) is 0 Å². The number of aromatic nitrogens is 1. The lowest BCUT2D eigenvalue weighted by Crippen LogP contribution is -1.99. The average Bonchev–Trinajstić information content (AvgIpc) is 2.45. The van der Waals surface area contributed by atoms with Crippen LogP contribution in [0.15, 0.2) is 18.2 Å². The van der Waals surface area contributed by atoms with Crippen molar-refractivity contribution in [2.24, 2.45) is 0 Å². The molecule has 0 aliphatic carbocycles. The Kier molecular flexibility index (Phi) is 2.39. The summed E-state index contributed by atoms with van der Waals surface area (Å²) in [4.78, 5) is 14.6. The summed E-state index contributed by atoms with van der Waals surface area (Å²) in [5, 5.41) is 8.68. The molecular weight excluding hydrogens is 222 g/mol. The van der Waals surface area contributed by atoms with Crippen LogP contribution in [0, 0.1) is 0 Å². The molecule has 0 fully saturated rings. The van der Waals surface area contributed by atoms with Gasteiger partial charge in [0, 0.05) is 0 Å². The highest BCUT2D eigenvalue weighted by Crippen LogP contribution is 2.28. The van der Waals surface area contributed by atoms with Crippen LogP contribution in [0.4, 0.5) is 0 Å². The maximum absolute atomic E-state index is 10.6. The van der Waals surface area contributed by atoms with E-state index in [0.717, 1.165) is 15.8 Å². The van der Waals surface area contributed by atoms with E-state index in [9.17, 15) is 4.79 Å². The highest BCUT2D eigenvalue weighted by atomic mass is 35.5. The molecule has 0 aliphatic heterocycles. The zero-order chi connectivity index (χ0) is 10.1. The molecule has 1 aromatic heterocycles. The van der Waals surface area contributed by atoms with Crippen molar-refractivity contribution in [1.29, 1.82) is 0 Å². The molecule has 0 radical (unpaired) electrons. The zero-order valence-electron chi connectivity index (χ0n) is 7.03. The first-order valence-electron chi connectivity index (χ1n) is 3.92. The van der Waals surface area contributed by atoms with Crippen LogP contribution in [0.5, 0.6) is 0 Å². The number of thiazole rings is 1. The summed E-state index contributed by atoms with van der Waals surface area (Å²) >= 11 is 7.06. The standard InChI is InChI=1S/C9H6ClNO2S/c10-9-11-6-3-1-2-5(4-7(12)13)8(6)14-9/h1-3H,4H2,(H,12,13). The van der Waals surface area contributed by atoms with Crippen LogP contribution >= 0.6 is 22.9 Å². The van der Waals surface area contributed by atoms with Crippen molar-refractivity contribution in [2.75, 3.05) is 0 Å². The Balaban J connectivity index is 2.58. The Morgan fingerprint density at radius 2 is 2.36 bits per heavy atom. The van der Waals surface area contributed by atoms with Gasteiger partial charge in [0.15, 0.2) is 4.47 Å². The van der Waals surface area contributed by atoms with Crippen LogP contribution in [0.1, 0.15) is 5.56 Å². The average molecular weight is 228 g/mol. The molecule has 0 aliphatic rings. The van der Waals surface area contributed by atoms with E-state index in [4.69, 9.17) is 16.7 Å². The lowest BCUT2D eigenvalue weighted by atomic mass is 10.1. The number of carboxylic acid groups (broad SMARTS) is 1. The first kappa shape index (κ1) is 9.43. The van der Waals surface area contributed by atoms with Crippen molar-refractivity contribution < 1.29 is 9.90 Å². The number of nitrogens with zero attached hydrogens (tertiary/aromatic N) is 1. The van der Waals surface area contributed by atoms with Crippen LogP contribution in [0.2, 0.25) is 4.47 Å². The molecule has 0 bridgehead atoms. The quantitative estimate of drug-likeness (QED) is 0.858. The minimum atomic E-state index is -0.845. The van der Waals surface area contributed by atoms with Crippen LogP contribution in [0.25, 0.3) is 10.2 Å². The Hall–Kier alpha value is -1.13. The Morgan fingerprint density at radius 1 is 1.57 bits per heavy atom. The molecular formula is C9H6ClNO2S. The van der Waals surface area contributed by atoms with Crippen LogP contribution in [-0.4, -0.2) is 16.1 Å². The lowest BCUT2D eigenvalue weighted by Gasteiger charge is -1.96. The van der Waals surface area contributed by atoms with Gasteiger partial charge in [-0.25, -0.2) is 4.98 Å². The third-order valence-corrected chi connectivity index (χ3v) is 3.06. The molecule has 0 atom stereocenters. The van der Waals surface area contributed by atoms with E-state index in [1.807, 2.05) is 6.07 Å². The van der Waals surface area contributed by atoms with Crippen LogP contribution < -0.4 is 0 Å². The zero-order valence-corrected chi connectivity index (χ0v) is 8.60. The van der Waals surface area contributed by atoms with E-state index in [0.29, 0.717) is 4.47 Å². The third-order valence-electron chi connectivity index (χ3n) is 1.81. The fourth-order valence-electron chi connectivity index (χ4n) is 1.28. The number of halogens is 1. The second-order valence-electron chi connectivity index (χ2n) is 2.80. The van der Waals surface area contributed by atoms with Crippen molar-refractivity contribution in [3.8, 4) is 0 Å². The van der Waals surface area contributed by atoms with Gasteiger partial charge in [-0.15, -0.1) is 11.3 Å². The predicted molar refractivity (Wildman–Crippen MR) is 56.0 cm³/mol. The molecule has 0 amide bonds. The smallest absolute Gasteiger partial charge is 0.307 e. The van der Waals surface area contributed by atoms with Gasteiger partial charge in [-0.05, 0) is 11.6 Å². The summed E-state index contributed by atoms with van der Waals surface area (Å²) in [5.41, 5.74) is 1.53. The first-order valence-corrected chi connectivity index (χ1v) is 5.12. The number of carbonyl (C=O) groups is 1. The number of rotatable bonds is 2. The SMILES string of the molecule is O=C(O)Cc1cccc2nc(Cl)sc12. The van der Waals surface area contributed by atoms with Crippen LogP contribution in [0.3, 0.4) is 0 Å². The second kappa shape index (κ2) is 3.55. The number of hydrogen-bond acceptors (Lipinski definition) is 3. The van der Waals surface area contributed by atoms with Gasteiger partial charge in [0.25, 0.3) is 0 Å². The summed E-state index contributed by atoms with van der Waals surface area (Å²) in [6.45, 7) is 0. The summed E-state index contributed by atoms with van der Waals surface area (Å²) in [5.74, 6) is -0.845. The van der Waals surface area contributed by atoms with E-state index in [2.05, 4.69) is 4.98 Å². The molecule has 1 heterocycles. The van der Waals surface area contributed by atoms with Crippen molar-refractivity contribution in [3.63, 3.8) is 0 Å². The summed E-state index contributed by atoms with van der Waals surface area (Å²) in [7, 11) is 0. The molecule has 1 N–H and O–H groups in total. The van der Waals surface area contributed by atoms with Gasteiger partial charge in [-0.2, -0.15) is 0 Å². The topological polar surface area (TPSA) is 50.2 Å². The van der Waals surface area contributed by atoms with E-state index in [-0.39, 0.29) is 6.42 Å². The monoisotopic (exact) mass is 227 g/mol. The van der Waals surface area contributed by atoms with Gasteiger partial charge < -0.3 is 5.11 Å². The third kappa shape index (κ3) is 1.71. The number of hydrogen-bond donors (Lipinski definition) is 1. The molecule has 72 valence electrons. The fraction of sp³-hybridized carbons (Fsp3) is 0.111. The van der Waals surface area contributed by atoms with Crippen molar-refractivity contribution in [3.05, 3.63) is 28.2 Å². The summed E-state index contributed by atoms with van der Waals surface area (Å²) in [6, 6.07) is 5.39. The Labute approximate surface area is 89.0 Å². The maximum atomic E-state index is 10.6. The number of aliphatic carboxylic acids is 1. The van der Waals surface area contributed by atoms with Gasteiger partial charge in [-0.3, -0.25) is 4.79 Å². The van der Waals surface area contributed by atoms with Crippen molar-refractivity contribution in [2.45, 2.75) is 6.42 Å². The molecule has 0 spiro atoms.